The van der Waals surface area contributed by atoms with Crippen LogP contribution in [0.4, 0.5) is 5.69 Å². The summed E-state index contributed by atoms with van der Waals surface area (Å²) in [6.45, 7) is 2.68. The fraction of sp³-hybridized carbons (Fsp3) is 0.185. The minimum absolute atomic E-state index is 0.227. The average molecular weight is 458 g/mol. The van der Waals surface area contributed by atoms with Crippen molar-refractivity contribution in [3.8, 4) is 17.2 Å². The molecule has 0 saturated carbocycles. The molecule has 34 heavy (non-hydrogen) atoms. The van der Waals surface area contributed by atoms with Crippen LogP contribution >= 0.6 is 0 Å². The highest BCUT2D eigenvalue weighted by Crippen LogP contribution is 2.26. The molecule has 7 nitrogen and oxygen atoms in total. The molecule has 1 aromatic heterocycles. The van der Waals surface area contributed by atoms with E-state index in [1.165, 1.54) is 5.56 Å². The summed E-state index contributed by atoms with van der Waals surface area (Å²) in [5.74, 6) is 1.85. The molecule has 0 aliphatic heterocycles. The van der Waals surface area contributed by atoms with Gasteiger partial charge in [0.05, 0.1) is 25.2 Å². The molecule has 0 atom stereocenters. The number of aromatic nitrogens is 2. The van der Waals surface area contributed by atoms with E-state index in [4.69, 9.17) is 14.2 Å². The Hall–Kier alpha value is -4.26. The van der Waals surface area contributed by atoms with E-state index < -0.39 is 0 Å². The molecule has 1 heterocycles. The van der Waals surface area contributed by atoms with Crippen molar-refractivity contribution in [2.45, 2.75) is 26.7 Å². The monoisotopic (exact) mass is 457 g/mol. The normalized spacial score (nSPS) is 10.5. The number of aryl methyl sites for hydroxylation is 1. The Morgan fingerprint density at radius 2 is 1.74 bits per heavy atom. The highest BCUT2D eigenvalue weighted by Gasteiger charge is 2.10. The molecule has 0 aliphatic rings. The van der Waals surface area contributed by atoms with Gasteiger partial charge >= 0.3 is 0 Å². The number of hydrogen-bond donors (Lipinski definition) is 1. The van der Waals surface area contributed by atoms with E-state index in [1.807, 2.05) is 60.7 Å². The van der Waals surface area contributed by atoms with Crippen LogP contribution < -0.4 is 19.5 Å². The van der Waals surface area contributed by atoms with Crippen LogP contribution in [0.1, 0.15) is 28.4 Å². The number of carbonyl (C=O) groups is 1. The smallest absolute Gasteiger partial charge is 0.255 e. The van der Waals surface area contributed by atoms with Crippen LogP contribution in [-0.2, 0) is 19.8 Å². The molecule has 3 aromatic carbocycles. The number of nitrogens with zero attached hydrogens (tertiary/aromatic N) is 2. The third-order valence-corrected chi connectivity index (χ3v) is 5.24. The molecule has 0 bridgehead atoms. The fourth-order valence-corrected chi connectivity index (χ4v) is 3.37. The molecule has 4 rings (SSSR count). The summed E-state index contributed by atoms with van der Waals surface area (Å²) in [6.07, 6.45) is 4.31. The predicted molar refractivity (Wildman–Crippen MR) is 130 cm³/mol. The van der Waals surface area contributed by atoms with Gasteiger partial charge in [0.1, 0.15) is 12.4 Å². The van der Waals surface area contributed by atoms with Crippen molar-refractivity contribution in [2.24, 2.45) is 0 Å². The number of nitrogens with one attached hydrogen (secondary N) is 1. The van der Waals surface area contributed by atoms with Gasteiger partial charge in [-0.15, -0.1) is 0 Å². The Balaban J connectivity index is 1.32. The summed E-state index contributed by atoms with van der Waals surface area (Å²) in [7, 11) is 1.60. The van der Waals surface area contributed by atoms with Crippen LogP contribution in [0.15, 0.2) is 85.2 Å². The van der Waals surface area contributed by atoms with Gasteiger partial charge in [0.2, 0.25) is 0 Å². The van der Waals surface area contributed by atoms with Gasteiger partial charge in [0.15, 0.2) is 18.2 Å². The molecule has 0 saturated heterocycles. The summed E-state index contributed by atoms with van der Waals surface area (Å²) in [6, 6.07) is 22.7. The lowest BCUT2D eigenvalue weighted by atomic mass is 10.1. The lowest BCUT2D eigenvalue weighted by Crippen LogP contribution is -2.12. The molecule has 0 fully saturated rings. The molecule has 0 spiro atoms. The van der Waals surface area contributed by atoms with Crippen molar-refractivity contribution in [3.63, 3.8) is 0 Å². The summed E-state index contributed by atoms with van der Waals surface area (Å²) in [5, 5.41) is 7.13. The number of para-hydroxylation sites is 2. The minimum Gasteiger partial charge on any atom is -0.493 e. The third-order valence-electron chi connectivity index (χ3n) is 5.24. The maximum Gasteiger partial charge on any atom is 0.255 e. The molecular weight excluding hydrogens is 430 g/mol. The second-order valence-electron chi connectivity index (χ2n) is 7.63. The highest BCUT2D eigenvalue weighted by molar-refractivity contribution is 6.04. The molecule has 0 unspecified atom stereocenters. The number of anilines is 1. The van der Waals surface area contributed by atoms with Crippen LogP contribution in [-0.4, -0.2) is 22.8 Å². The van der Waals surface area contributed by atoms with Gasteiger partial charge in [-0.2, -0.15) is 5.10 Å². The van der Waals surface area contributed by atoms with E-state index in [0.717, 1.165) is 17.7 Å². The highest BCUT2D eigenvalue weighted by atomic mass is 16.5. The van der Waals surface area contributed by atoms with Gasteiger partial charge in [0.25, 0.3) is 5.91 Å². The number of ether oxygens (including phenoxy) is 3. The van der Waals surface area contributed by atoms with E-state index in [1.54, 1.807) is 36.3 Å². The van der Waals surface area contributed by atoms with E-state index in [2.05, 4.69) is 17.3 Å². The van der Waals surface area contributed by atoms with Gasteiger partial charge in [0, 0.05) is 5.56 Å². The third kappa shape index (κ3) is 5.95. The number of carbonyl (C=O) groups excluding carboxylic acids is 1. The maximum atomic E-state index is 12.7. The number of methoxy groups -OCH3 is 1. The SMILES string of the molecule is CCc1ccc(OCn2cc(NC(=O)c3cccc(COc4ccccc4OC)c3)cn2)cc1. The summed E-state index contributed by atoms with van der Waals surface area (Å²) < 4.78 is 18.6. The van der Waals surface area contributed by atoms with Gasteiger partial charge in [-0.3, -0.25) is 4.79 Å². The number of hydrogen-bond acceptors (Lipinski definition) is 5. The molecule has 4 aromatic rings. The van der Waals surface area contributed by atoms with Crippen LogP contribution in [0, 0.1) is 0 Å². The van der Waals surface area contributed by atoms with Gasteiger partial charge in [-0.1, -0.05) is 43.3 Å². The Morgan fingerprint density at radius 1 is 0.941 bits per heavy atom. The van der Waals surface area contributed by atoms with Crippen LogP contribution in [0.3, 0.4) is 0 Å². The Labute approximate surface area is 198 Å². The topological polar surface area (TPSA) is 74.6 Å². The molecule has 0 radical (unpaired) electrons. The first-order valence-electron chi connectivity index (χ1n) is 11.0. The van der Waals surface area contributed by atoms with Crippen molar-refractivity contribution in [3.05, 3.63) is 102 Å². The van der Waals surface area contributed by atoms with Crippen molar-refractivity contribution in [1.29, 1.82) is 0 Å². The van der Waals surface area contributed by atoms with Gasteiger partial charge in [-0.05, 0) is 53.9 Å². The van der Waals surface area contributed by atoms with Gasteiger partial charge in [-0.25, -0.2) is 4.68 Å². The lowest BCUT2D eigenvalue weighted by Gasteiger charge is -2.11. The second-order valence-corrected chi connectivity index (χ2v) is 7.63. The predicted octanol–water partition coefficient (Wildman–Crippen LogP) is 5.32. The molecule has 1 N–H and O–H groups in total. The Morgan fingerprint density at radius 3 is 2.50 bits per heavy atom. The largest absolute Gasteiger partial charge is 0.493 e. The fourth-order valence-electron chi connectivity index (χ4n) is 3.37. The number of benzene rings is 3. The molecule has 1 amide bonds. The Kier molecular flexibility index (Phi) is 7.45. The van der Waals surface area contributed by atoms with Crippen molar-refractivity contribution < 1.29 is 19.0 Å². The molecular formula is C27H27N3O4. The van der Waals surface area contributed by atoms with E-state index in [9.17, 15) is 4.79 Å². The van der Waals surface area contributed by atoms with Crippen molar-refractivity contribution in [1.82, 2.24) is 9.78 Å². The number of rotatable bonds is 10. The maximum absolute atomic E-state index is 12.7. The Bertz CT molecular complexity index is 1230. The van der Waals surface area contributed by atoms with Crippen molar-refractivity contribution in [2.75, 3.05) is 12.4 Å². The summed E-state index contributed by atoms with van der Waals surface area (Å²) in [4.78, 5) is 12.7. The zero-order chi connectivity index (χ0) is 23.8. The first-order valence-corrected chi connectivity index (χ1v) is 11.0. The summed E-state index contributed by atoms with van der Waals surface area (Å²) in [5.41, 5.74) is 3.25. The zero-order valence-electron chi connectivity index (χ0n) is 19.2. The molecule has 7 heteroatoms. The van der Waals surface area contributed by atoms with Crippen LogP contribution in [0.25, 0.3) is 0 Å². The van der Waals surface area contributed by atoms with Crippen LogP contribution in [0.5, 0.6) is 17.2 Å². The van der Waals surface area contributed by atoms with E-state index >= 15 is 0 Å². The first kappa shape index (κ1) is 22.9. The minimum atomic E-state index is -0.227. The lowest BCUT2D eigenvalue weighted by molar-refractivity contribution is 0.102. The molecule has 174 valence electrons. The van der Waals surface area contributed by atoms with Gasteiger partial charge < -0.3 is 19.5 Å². The average Bonchev–Trinajstić information content (AvgIpc) is 3.34. The zero-order valence-corrected chi connectivity index (χ0v) is 19.2. The van der Waals surface area contributed by atoms with E-state index in [-0.39, 0.29) is 12.6 Å². The first-order chi connectivity index (χ1) is 16.6. The van der Waals surface area contributed by atoms with Crippen molar-refractivity contribution >= 4 is 11.6 Å². The summed E-state index contributed by atoms with van der Waals surface area (Å²) >= 11 is 0. The standard InChI is InChI=1S/C27H27N3O4/c1-3-20-11-13-24(14-12-20)34-19-30-17-23(16-28-30)29-27(31)22-8-6-7-21(15-22)18-33-26-10-5-4-9-25(26)32-2/h4-17H,3,18-19H2,1-2H3,(H,29,31). The quantitative estimate of drug-likeness (QED) is 0.349. The van der Waals surface area contributed by atoms with E-state index in [0.29, 0.717) is 29.4 Å². The van der Waals surface area contributed by atoms with Crippen LogP contribution in [0.2, 0.25) is 0 Å². The molecule has 0 aliphatic carbocycles. The second kappa shape index (κ2) is 11.0. The number of amides is 1.